The Bertz CT molecular complexity index is 906. The minimum atomic E-state index is 0.548. The molecule has 0 bridgehead atoms. The molecule has 3 aromatic rings. The number of ether oxygens (including phenoxy) is 2. The molecule has 0 aliphatic heterocycles. The molecule has 0 unspecified atom stereocenters. The van der Waals surface area contributed by atoms with Gasteiger partial charge in [-0.2, -0.15) is 5.10 Å². The lowest BCUT2D eigenvalue weighted by molar-refractivity contribution is 0.355. The maximum atomic E-state index is 5.33. The molecule has 0 aliphatic rings. The molecule has 0 radical (unpaired) electrons. The first-order valence-electron chi connectivity index (χ1n) is 8.53. The van der Waals surface area contributed by atoms with Crippen molar-refractivity contribution in [3.05, 3.63) is 66.5 Å². The summed E-state index contributed by atoms with van der Waals surface area (Å²) in [5.74, 6) is 1.97. The summed E-state index contributed by atoms with van der Waals surface area (Å²) in [6, 6.07) is 17.6. The first kappa shape index (κ1) is 18.3. The van der Waals surface area contributed by atoms with Crippen LogP contribution in [0.15, 0.2) is 65.8 Å². The molecule has 7 nitrogen and oxygen atoms in total. The van der Waals surface area contributed by atoms with Crippen molar-refractivity contribution in [1.82, 2.24) is 15.1 Å². The smallest absolute Gasteiger partial charge is 0.195 e. The molecule has 140 valence electrons. The second-order valence-electron chi connectivity index (χ2n) is 5.71. The van der Waals surface area contributed by atoms with Gasteiger partial charge in [-0.3, -0.25) is 4.99 Å². The largest absolute Gasteiger partial charge is 0.493 e. The van der Waals surface area contributed by atoms with E-state index in [0.717, 1.165) is 17.1 Å². The summed E-state index contributed by atoms with van der Waals surface area (Å²) in [7, 11) is 4.94. The second-order valence-corrected chi connectivity index (χ2v) is 5.71. The van der Waals surface area contributed by atoms with Crippen molar-refractivity contribution < 1.29 is 9.47 Å². The molecule has 1 heterocycles. The summed E-state index contributed by atoms with van der Waals surface area (Å²) in [4.78, 5) is 4.25. The van der Waals surface area contributed by atoms with Crippen molar-refractivity contribution in [1.29, 1.82) is 0 Å². The highest BCUT2D eigenvalue weighted by atomic mass is 16.5. The van der Waals surface area contributed by atoms with Crippen LogP contribution in [0.25, 0.3) is 5.69 Å². The molecule has 0 saturated carbocycles. The van der Waals surface area contributed by atoms with Gasteiger partial charge >= 0.3 is 0 Å². The van der Waals surface area contributed by atoms with Crippen LogP contribution >= 0.6 is 0 Å². The number of hydrogen-bond acceptors (Lipinski definition) is 4. The van der Waals surface area contributed by atoms with Crippen molar-refractivity contribution in [3.63, 3.8) is 0 Å². The SMILES string of the molecule is CN=C(NCc1ccn(-c2ccccc2)n1)Nc1ccc(OC)c(OC)c1. The second kappa shape index (κ2) is 8.75. The average molecular weight is 365 g/mol. The van der Waals surface area contributed by atoms with Gasteiger partial charge < -0.3 is 20.1 Å². The Kier molecular flexibility index (Phi) is 5.94. The molecule has 0 spiro atoms. The molecule has 0 amide bonds. The summed E-state index contributed by atoms with van der Waals surface area (Å²) in [5, 5.41) is 11.1. The van der Waals surface area contributed by atoms with E-state index in [1.165, 1.54) is 0 Å². The zero-order valence-electron chi connectivity index (χ0n) is 15.6. The van der Waals surface area contributed by atoms with Crippen LogP contribution in [0.4, 0.5) is 5.69 Å². The van der Waals surface area contributed by atoms with E-state index < -0.39 is 0 Å². The Morgan fingerprint density at radius 1 is 1.04 bits per heavy atom. The Morgan fingerprint density at radius 2 is 1.81 bits per heavy atom. The van der Waals surface area contributed by atoms with Gasteiger partial charge in [-0.15, -0.1) is 0 Å². The van der Waals surface area contributed by atoms with E-state index in [1.807, 2.05) is 65.5 Å². The van der Waals surface area contributed by atoms with E-state index in [0.29, 0.717) is 24.0 Å². The number of benzene rings is 2. The number of guanidine groups is 1. The van der Waals surface area contributed by atoms with Gasteiger partial charge in [0.1, 0.15) is 0 Å². The van der Waals surface area contributed by atoms with E-state index >= 15 is 0 Å². The molecule has 2 N–H and O–H groups in total. The predicted octanol–water partition coefficient (Wildman–Crippen LogP) is 3.08. The Labute approximate surface area is 158 Å². The Balaban J connectivity index is 1.62. The molecule has 7 heteroatoms. The molecule has 27 heavy (non-hydrogen) atoms. The highest BCUT2D eigenvalue weighted by Crippen LogP contribution is 2.29. The van der Waals surface area contributed by atoms with Gasteiger partial charge in [-0.25, -0.2) is 4.68 Å². The third-order valence-electron chi connectivity index (χ3n) is 3.97. The highest BCUT2D eigenvalue weighted by molar-refractivity contribution is 5.93. The van der Waals surface area contributed by atoms with Crippen LogP contribution in [0.1, 0.15) is 5.69 Å². The number of methoxy groups -OCH3 is 2. The van der Waals surface area contributed by atoms with Crippen LogP contribution in [0.3, 0.4) is 0 Å². The van der Waals surface area contributed by atoms with Crippen molar-refractivity contribution >= 4 is 11.6 Å². The first-order valence-corrected chi connectivity index (χ1v) is 8.53. The van der Waals surface area contributed by atoms with Crippen molar-refractivity contribution in [2.24, 2.45) is 4.99 Å². The quantitative estimate of drug-likeness (QED) is 0.519. The standard InChI is InChI=1S/C20H23N5O2/c1-21-20(23-15-9-10-18(26-2)19(13-15)27-3)22-14-16-11-12-25(24-16)17-7-5-4-6-8-17/h4-13H,14H2,1-3H3,(H2,21,22,23). The van der Waals surface area contributed by atoms with E-state index in [2.05, 4.69) is 20.7 Å². The lowest BCUT2D eigenvalue weighted by Gasteiger charge is -2.13. The third kappa shape index (κ3) is 4.58. The van der Waals surface area contributed by atoms with Gasteiger partial charge in [0.05, 0.1) is 32.1 Å². The fourth-order valence-corrected chi connectivity index (χ4v) is 2.58. The summed E-state index contributed by atoms with van der Waals surface area (Å²) in [6.07, 6.45) is 1.94. The van der Waals surface area contributed by atoms with Gasteiger partial charge in [-0.1, -0.05) is 18.2 Å². The van der Waals surface area contributed by atoms with E-state index in [4.69, 9.17) is 9.47 Å². The van der Waals surface area contributed by atoms with Gasteiger partial charge in [0, 0.05) is 25.0 Å². The number of aromatic nitrogens is 2. The average Bonchev–Trinajstić information content (AvgIpc) is 3.20. The van der Waals surface area contributed by atoms with E-state index in [-0.39, 0.29) is 0 Å². The van der Waals surface area contributed by atoms with Gasteiger partial charge in [0.15, 0.2) is 17.5 Å². The molecule has 0 saturated heterocycles. The maximum absolute atomic E-state index is 5.33. The molecule has 1 aromatic heterocycles. The first-order chi connectivity index (χ1) is 13.2. The summed E-state index contributed by atoms with van der Waals surface area (Å²) in [5.41, 5.74) is 2.78. The number of nitrogens with one attached hydrogen (secondary N) is 2. The maximum Gasteiger partial charge on any atom is 0.195 e. The zero-order chi connectivity index (χ0) is 19.1. The Hall–Kier alpha value is -3.48. The van der Waals surface area contributed by atoms with Crippen LogP contribution in [-0.2, 0) is 6.54 Å². The fourth-order valence-electron chi connectivity index (χ4n) is 2.58. The zero-order valence-corrected chi connectivity index (χ0v) is 15.6. The molecular formula is C20H23N5O2. The van der Waals surface area contributed by atoms with E-state index in [9.17, 15) is 0 Å². The molecule has 3 rings (SSSR count). The highest BCUT2D eigenvalue weighted by Gasteiger charge is 2.07. The number of para-hydroxylation sites is 1. The van der Waals surface area contributed by atoms with Gasteiger partial charge in [0.2, 0.25) is 0 Å². The molecule has 0 aliphatic carbocycles. The molecule has 0 atom stereocenters. The van der Waals surface area contributed by atoms with Crippen LogP contribution in [0.5, 0.6) is 11.5 Å². The third-order valence-corrected chi connectivity index (χ3v) is 3.97. The Morgan fingerprint density at radius 3 is 2.52 bits per heavy atom. The predicted molar refractivity (Wildman–Crippen MR) is 107 cm³/mol. The number of hydrogen-bond donors (Lipinski definition) is 2. The minimum Gasteiger partial charge on any atom is -0.493 e. The normalized spacial score (nSPS) is 11.1. The van der Waals surface area contributed by atoms with Crippen molar-refractivity contribution in [2.75, 3.05) is 26.6 Å². The molecule has 2 aromatic carbocycles. The molecular weight excluding hydrogens is 342 g/mol. The summed E-state index contributed by atoms with van der Waals surface area (Å²) >= 11 is 0. The number of anilines is 1. The van der Waals surface area contributed by atoms with Crippen LogP contribution in [0.2, 0.25) is 0 Å². The van der Waals surface area contributed by atoms with Crippen LogP contribution in [-0.4, -0.2) is 37.0 Å². The number of aliphatic imine (C=N–C) groups is 1. The van der Waals surface area contributed by atoms with Gasteiger partial charge in [0.25, 0.3) is 0 Å². The number of rotatable bonds is 6. The fraction of sp³-hybridized carbons (Fsp3) is 0.200. The lowest BCUT2D eigenvalue weighted by atomic mass is 10.3. The van der Waals surface area contributed by atoms with Gasteiger partial charge in [-0.05, 0) is 30.3 Å². The van der Waals surface area contributed by atoms with Crippen LogP contribution in [0, 0.1) is 0 Å². The van der Waals surface area contributed by atoms with Crippen LogP contribution < -0.4 is 20.1 Å². The molecule has 0 fully saturated rings. The minimum absolute atomic E-state index is 0.548. The van der Waals surface area contributed by atoms with E-state index in [1.54, 1.807) is 21.3 Å². The van der Waals surface area contributed by atoms with Crippen molar-refractivity contribution in [2.45, 2.75) is 6.54 Å². The summed E-state index contributed by atoms with van der Waals surface area (Å²) in [6.45, 7) is 0.548. The monoisotopic (exact) mass is 365 g/mol. The number of nitrogens with zero attached hydrogens (tertiary/aromatic N) is 3. The summed E-state index contributed by atoms with van der Waals surface area (Å²) < 4.78 is 12.4. The topological polar surface area (TPSA) is 72.7 Å². The van der Waals surface area contributed by atoms with Crippen molar-refractivity contribution in [3.8, 4) is 17.2 Å². The lowest BCUT2D eigenvalue weighted by Crippen LogP contribution is -2.30.